The van der Waals surface area contributed by atoms with E-state index in [4.69, 9.17) is 4.74 Å². The lowest BCUT2D eigenvalue weighted by molar-refractivity contribution is -0.146. The number of epoxide rings is 1. The van der Waals surface area contributed by atoms with Crippen molar-refractivity contribution in [3.63, 3.8) is 0 Å². The average Bonchev–Trinajstić information content (AvgIpc) is 3.27. The van der Waals surface area contributed by atoms with E-state index in [0.29, 0.717) is 41.8 Å². The molecule has 3 heteroatoms. The molecule has 5 rings (SSSR count). The van der Waals surface area contributed by atoms with Crippen LogP contribution in [0.5, 0.6) is 0 Å². The lowest BCUT2D eigenvalue weighted by Crippen LogP contribution is -2.64. The molecule has 3 nitrogen and oxygen atoms in total. The van der Waals surface area contributed by atoms with Crippen molar-refractivity contribution in [3.05, 3.63) is 12.2 Å². The van der Waals surface area contributed by atoms with Crippen molar-refractivity contribution in [3.8, 4) is 0 Å². The molecular formula is C22H30O3. The molecule has 1 spiro atoms. The van der Waals surface area contributed by atoms with E-state index in [9.17, 15) is 9.59 Å². The van der Waals surface area contributed by atoms with Crippen LogP contribution in [0, 0.1) is 40.4 Å². The number of carbonyl (C=O) groups excluding carboxylic acids is 2. The van der Waals surface area contributed by atoms with Crippen molar-refractivity contribution in [1.82, 2.24) is 0 Å². The van der Waals surface area contributed by atoms with Gasteiger partial charge in [-0.1, -0.05) is 34.3 Å². The number of fused-ring (bicyclic) bond motifs is 4. The summed E-state index contributed by atoms with van der Waals surface area (Å²) in [5.41, 5.74) is 0.573. The summed E-state index contributed by atoms with van der Waals surface area (Å²) in [5, 5.41) is 0. The Morgan fingerprint density at radius 2 is 1.84 bits per heavy atom. The minimum Gasteiger partial charge on any atom is -0.352 e. The molecular weight excluding hydrogens is 312 g/mol. The minimum absolute atomic E-state index is 0.0210. The van der Waals surface area contributed by atoms with Crippen molar-refractivity contribution in [2.75, 3.05) is 0 Å². The Labute approximate surface area is 150 Å². The Kier molecular flexibility index (Phi) is 2.90. The van der Waals surface area contributed by atoms with E-state index >= 15 is 0 Å². The largest absolute Gasteiger partial charge is 0.352 e. The molecule has 136 valence electrons. The van der Waals surface area contributed by atoms with Crippen LogP contribution < -0.4 is 0 Å². The van der Waals surface area contributed by atoms with Gasteiger partial charge >= 0.3 is 0 Å². The highest BCUT2D eigenvalue weighted by molar-refractivity contribution is 5.90. The van der Waals surface area contributed by atoms with Crippen LogP contribution in [0.3, 0.4) is 0 Å². The van der Waals surface area contributed by atoms with Crippen molar-refractivity contribution >= 4 is 11.6 Å². The van der Waals surface area contributed by atoms with Crippen LogP contribution in [0.25, 0.3) is 0 Å². The van der Waals surface area contributed by atoms with Crippen LogP contribution in [0.15, 0.2) is 12.2 Å². The standard InChI is InChI=1S/C22H30O3/c1-11-10-16(23)19-22(25-19)13(3)12(2)18-14-6-7-17(24)20(14,4)9-8-15(18)21(11,22)5/h11-12,14-15,18-19H,3,6-10H2,1-2,4-5H3/t11?,12?,14-,15+,18-,19?,20-,21+,22?/m0/s1. The van der Waals surface area contributed by atoms with Crippen LogP contribution in [0.1, 0.15) is 59.8 Å². The maximum Gasteiger partial charge on any atom is 0.165 e. The normalized spacial score (nSPS) is 59.8. The second-order valence-corrected chi connectivity index (χ2v) is 10.1. The highest BCUT2D eigenvalue weighted by atomic mass is 16.6. The average molecular weight is 342 g/mol. The third-order valence-corrected chi connectivity index (χ3v) is 9.66. The molecule has 25 heavy (non-hydrogen) atoms. The van der Waals surface area contributed by atoms with Gasteiger partial charge in [0.2, 0.25) is 0 Å². The van der Waals surface area contributed by atoms with Gasteiger partial charge in [0.25, 0.3) is 0 Å². The monoisotopic (exact) mass is 342 g/mol. The molecule has 0 N–H and O–H groups in total. The van der Waals surface area contributed by atoms with E-state index in [0.717, 1.165) is 31.3 Å². The van der Waals surface area contributed by atoms with Gasteiger partial charge in [0, 0.05) is 23.7 Å². The molecule has 1 aliphatic heterocycles. The Hall–Kier alpha value is -0.960. The fourth-order valence-corrected chi connectivity index (χ4v) is 8.01. The number of rotatable bonds is 0. The van der Waals surface area contributed by atoms with Crippen molar-refractivity contribution in [2.24, 2.45) is 40.4 Å². The van der Waals surface area contributed by atoms with Crippen LogP contribution >= 0.6 is 0 Å². The molecule has 4 saturated carbocycles. The fraction of sp³-hybridized carbons (Fsp3) is 0.818. The van der Waals surface area contributed by atoms with Crippen LogP contribution in [-0.2, 0) is 14.3 Å². The Bertz CT molecular complexity index is 710. The number of hydrogen-bond acceptors (Lipinski definition) is 3. The topological polar surface area (TPSA) is 46.7 Å². The summed E-state index contributed by atoms with van der Waals surface area (Å²) in [6.45, 7) is 13.6. The zero-order valence-corrected chi connectivity index (χ0v) is 15.9. The third kappa shape index (κ3) is 1.52. The summed E-state index contributed by atoms with van der Waals surface area (Å²) in [7, 11) is 0. The number of hydrogen-bond donors (Lipinski definition) is 0. The molecule has 4 unspecified atom stereocenters. The summed E-state index contributed by atoms with van der Waals surface area (Å²) in [6.07, 6.45) is 4.27. The molecule has 0 aromatic heterocycles. The molecule has 5 fully saturated rings. The number of carbonyl (C=O) groups is 2. The Morgan fingerprint density at radius 3 is 2.56 bits per heavy atom. The first-order valence-corrected chi connectivity index (χ1v) is 10.1. The fourth-order valence-electron chi connectivity index (χ4n) is 8.01. The van der Waals surface area contributed by atoms with Crippen molar-refractivity contribution in [1.29, 1.82) is 0 Å². The van der Waals surface area contributed by atoms with E-state index < -0.39 is 5.60 Å². The first kappa shape index (κ1) is 16.2. The molecule has 5 aliphatic rings. The molecule has 0 amide bonds. The van der Waals surface area contributed by atoms with Gasteiger partial charge in [-0.2, -0.15) is 0 Å². The van der Waals surface area contributed by atoms with Crippen molar-refractivity contribution in [2.45, 2.75) is 71.5 Å². The van der Waals surface area contributed by atoms with E-state index in [1.165, 1.54) is 0 Å². The lowest BCUT2D eigenvalue weighted by Gasteiger charge is -2.62. The molecule has 9 atom stereocenters. The van der Waals surface area contributed by atoms with Gasteiger partial charge < -0.3 is 4.74 Å². The highest BCUT2D eigenvalue weighted by Gasteiger charge is 2.80. The summed E-state index contributed by atoms with van der Waals surface area (Å²) in [4.78, 5) is 25.2. The maximum atomic E-state index is 12.6. The van der Waals surface area contributed by atoms with Gasteiger partial charge in [-0.3, -0.25) is 9.59 Å². The molecule has 4 aliphatic carbocycles. The van der Waals surface area contributed by atoms with Gasteiger partial charge in [0.1, 0.15) is 11.4 Å². The van der Waals surface area contributed by atoms with E-state index in [1.54, 1.807) is 0 Å². The van der Waals surface area contributed by atoms with Crippen LogP contribution in [-0.4, -0.2) is 23.3 Å². The van der Waals surface area contributed by atoms with Gasteiger partial charge in [-0.25, -0.2) is 0 Å². The molecule has 0 bridgehead atoms. The predicted octanol–water partition coefficient (Wildman–Crippen LogP) is 3.96. The zero-order valence-electron chi connectivity index (χ0n) is 15.9. The first-order valence-electron chi connectivity index (χ1n) is 10.1. The second kappa shape index (κ2) is 4.47. The molecule has 1 saturated heterocycles. The summed E-state index contributed by atoms with van der Waals surface area (Å²) in [5.74, 6) is 2.91. The Balaban J connectivity index is 1.64. The number of Topliss-reactive ketones (excluding diaryl/α,β-unsaturated/α-hetero) is 2. The maximum absolute atomic E-state index is 12.6. The van der Waals surface area contributed by atoms with Gasteiger partial charge in [0.05, 0.1) is 0 Å². The highest BCUT2D eigenvalue weighted by Crippen LogP contribution is 2.75. The molecule has 0 aromatic carbocycles. The molecule has 0 radical (unpaired) electrons. The molecule has 1 heterocycles. The second-order valence-electron chi connectivity index (χ2n) is 10.1. The third-order valence-electron chi connectivity index (χ3n) is 9.66. The van der Waals surface area contributed by atoms with Gasteiger partial charge in [-0.05, 0) is 54.4 Å². The summed E-state index contributed by atoms with van der Waals surface area (Å²) in [6, 6.07) is 0. The molecule has 0 aromatic rings. The number of ether oxygens (including phenoxy) is 1. The zero-order chi connectivity index (χ0) is 17.9. The first-order chi connectivity index (χ1) is 11.7. The Morgan fingerprint density at radius 1 is 1.12 bits per heavy atom. The van der Waals surface area contributed by atoms with Gasteiger partial charge in [0.15, 0.2) is 11.9 Å². The van der Waals surface area contributed by atoms with E-state index in [2.05, 4.69) is 34.3 Å². The van der Waals surface area contributed by atoms with E-state index in [1.807, 2.05) is 0 Å². The van der Waals surface area contributed by atoms with Crippen LogP contribution in [0.2, 0.25) is 0 Å². The van der Waals surface area contributed by atoms with Crippen molar-refractivity contribution < 1.29 is 14.3 Å². The summed E-state index contributed by atoms with van der Waals surface area (Å²) < 4.78 is 6.23. The predicted molar refractivity (Wildman–Crippen MR) is 94.9 cm³/mol. The summed E-state index contributed by atoms with van der Waals surface area (Å²) >= 11 is 0. The van der Waals surface area contributed by atoms with Gasteiger partial charge in [-0.15, -0.1) is 0 Å². The quantitative estimate of drug-likeness (QED) is 0.494. The SMILES string of the molecule is C=C1C(C)[C@@H]2[C@@H](CC[C@]3(C)C(=O)CC[C@@H]23)[C@@]2(C)C(C)CC(=O)C3OC132. The van der Waals surface area contributed by atoms with E-state index in [-0.39, 0.29) is 22.7 Å². The lowest BCUT2D eigenvalue weighted by atomic mass is 9.40. The smallest absolute Gasteiger partial charge is 0.165 e. The minimum atomic E-state index is -0.418. The number of ketones is 2. The van der Waals surface area contributed by atoms with Crippen LogP contribution in [0.4, 0.5) is 0 Å².